The van der Waals surface area contributed by atoms with E-state index in [4.69, 9.17) is 0 Å². The van der Waals surface area contributed by atoms with E-state index in [0.717, 1.165) is 0 Å². The molecule has 0 spiro atoms. The molecule has 49 valence electrons. The molecule has 2 fully saturated rings. The quantitative estimate of drug-likeness (QED) is 0.360. The largest absolute Gasteiger partial charge is 0.251 e. The molecular weight excluding hydrogens is 131 g/mol. The molecule has 2 unspecified atom stereocenters. The molecule has 0 aromatic carbocycles. The van der Waals surface area contributed by atoms with Crippen molar-refractivity contribution in [1.82, 2.24) is 10.4 Å². The SMILES string of the molecule is SC1[B]C2CCCN2N1. The summed E-state index contributed by atoms with van der Waals surface area (Å²) < 4.78 is 0. The Labute approximate surface area is 61.6 Å². The predicted octanol–water partition coefficient (Wildman–Crippen LogP) is -0.156. The molecule has 2 atom stereocenters. The summed E-state index contributed by atoms with van der Waals surface area (Å²) in [5.74, 6) is 0.674. The van der Waals surface area contributed by atoms with Crippen LogP contribution in [-0.4, -0.2) is 30.0 Å². The maximum absolute atomic E-state index is 4.29. The van der Waals surface area contributed by atoms with Crippen LogP contribution in [0.15, 0.2) is 0 Å². The highest BCUT2D eigenvalue weighted by Gasteiger charge is 2.33. The van der Waals surface area contributed by atoms with Crippen molar-refractivity contribution in [2.24, 2.45) is 0 Å². The van der Waals surface area contributed by atoms with E-state index < -0.39 is 0 Å². The van der Waals surface area contributed by atoms with Gasteiger partial charge in [-0.1, -0.05) is 0 Å². The summed E-state index contributed by atoms with van der Waals surface area (Å²) in [6.45, 7) is 1.19. The molecular formula is C5H10BN2S. The van der Waals surface area contributed by atoms with Gasteiger partial charge in [-0.3, -0.25) is 5.43 Å². The van der Waals surface area contributed by atoms with Crippen molar-refractivity contribution in [3.05, 3.63) is 0 Å². The number of hydrogen-bond acceptors (Lipinski definition) is 3. The molecule has 0 saturated carbocycles. The molecule has 0 aromatic heterocycles. The van der Waals surface area contributed by atoms with Gasteiger partial charge in [-0.15, -0.1) is 0 Å². The van der Waals surface area contributed by atoms with Crippen LogP contribution in [0.4, 0.5) is 0 Å². The van der Waals surface area contributed by atoms with Gasteiger partial charge in [0, 0.05) is 11.8 Å². The highest BCUT2D eigenvalue weighted by molar-refractivity contribution is 7.82. The van der Waals surface area contributed by atoms with Crippen molar-refractivity contribution in [3.63, 3.8) is 0 Å². The summed E-state index contributed by atoms with van der Waals surface area (Å²) in [5, 5.41) is 2.58. The van der Waals surface area contributed by atoms with Gasteiger partial charge in [-0.25, -0.2) is 5.01 Å². The van der Waals surface area contributed by atoms with Crippen LogP contribution in [0.1, 0.15) is 12.8 Å². The summed E-state index contributed by atoms with van der Waals surface area (Å²) >= 11 is 4.29. The molecule has 2 aliphatic heterocycles. The first-order valence-corrected chi connectivity index (χ1v) is 3.94. The number of nitrogens with one attached hydrogen (secondary N) is 1. The fourth-order valence-electron chi connectivity index (χ4n) is 1.58. The van der Waals surface area contributed by atoms with E-state index in [-0.39, 0.29) is 0 Å². The van der Waals surface area contributed by atoms with E-state index in [1.54, 1.807) is 0 Å². The minimum atomic E-state index is 0.301. The first-order chi connectivity index (χ1) is 4.36. The smallest absolute Gasteiger partial charge is 0.173 e. The zero-order valence-corrected chi connectivity index (χ0v) is 6.14. The van der Waals surface area contributed by atoms with Crippen molar-refractivity contribution in [3.8, 4) is 0 Å². The normalized spacial score (nSPS) is 42.8. The first kappa shape index (κ1) is 6.07. The second kappa shape index (κ2) is 2.18. The lowest BCUT2D eigenvalue weighted by Crippen LogP contribution is -2.34. The van der Waals surface area contributed by atoms with Gasteiger partial charge in [0.2, 0.25) is 0 Å². The second-order valence-corrected chi connectivity index (χ2v) is 3.23. The molecule has 9 heavy (non-hydrogen) atoms. The molecule has 0 amide bonds. The van der Waals surface area contributed by atoms with Gasteiger partial charge in [-0.05, 0) is 18.8 Å². The van der Waals surface area contributed by atoms with Crippen LogP contribution < -0.4 is 5.43 Å². The van der Waals surface area contributed by atoms with Gasteiger partial charge in [0.1, 0.15) is 0 Å². The van der Waals surface area contributed by atoms with E-state index in [9.17, 15) is 0 Å². The summed E-state index contributed by atoms with van der Waals surface area (Å²) in [7, 11) is 2.26. The van der Waals surface area contributed by atoms with E-state index >= 15 is 0 Å². The number of thiol groups is 1. The van der Waals surface area contributed by atoms with Crippen LogP contribution in [0.25, 0.3) is 0 Å². The predicted molar refractivity (Wildman–Crippen MR) is 41.4 cm³/mol. The van der Waals surface area contributed by atoms with E-state index in [2.05, 4.69) is 30.3 Å². The Morgan fingerprint density at radius 1 is 1.67 bits per heavy atom. The van der Waals surface area contributed by atoms with E-state index in [1.807, 2.05) is 0 Å². The lowest BCUT2D eigenvalue weighted by Gasteiger charge is -2.14. The molecule has 1 radical (unpaired) electrons. The number of fused-ring (bicyclic) bond motifs is 1. The van der Waals surface area contributed by atoms with Gasteiger partial charge < -0.3 is 0 Å². The van der Waals surface area contributed by atoms with Crippen molar-refractivity contribution < 1.29 is 0 Å². The van der Waals surface area contributed by atoms with Crippen LogP contribution in [0.5, 0.6) is 0 Å². The second-order valence-electron chi connectivity index (χ2n) is 2.67. The Hall–Kier alpha value is 0.335. The minimum absolute atomic E-state index is 0.301. The third-order valence-corrected chi connectivity index (χ3v) is 2.29. The average Bonchev–Trinajstić information content (AvgIpc) is 2.22. The zero-order chi connectivity index (χ0) is 6.27. The average molecular weight is 141 g/mol. The fraction of sp³-hybridized carbons (Fsp3) is 1.00. The summed E-state index contributed by atoms with van der Waals surface area (Å²) in [5.41, 5.74) is 3.26. The molecule has 4 heteroatoms. The third kappa shape index (κ3) is 0.995. The standard InChI is InChI=1S/C5H10BN2S/c9-5-6-4-2-1-3-8(4)7-5/h4-5,7,9H,1-3H2. The maximum Gasteiger partial charge on any atom is 0.173 e. The Balaban J connectivity index is 2.02. The van der Waals surface area contributed by atoms with Crippen molar-refractivity contribution in [2.75, 3.05) is 6.54 Å². The Morgan fingerprint density at radius 2 is 2.56 bits per heavy atom. The van der Waals surface area contributed by atoms with Gasteiger partial charge in [-0.2, -0.15) is 12.6 Å². The summed E-state index contributed by atoms with van der Waals surface area (Å²) in [6, 6.07) is 0. The number of nitrogens with zero attached hydrogens (tertiary/aromatic N) is 1. The monoisotopic (exact) mass is 141 g/mol. The molecule has 0 bridgehead atoms. The van der Waals surface area contributed by atoms with Gasteiger partial charge in [0.25, 0.3) is 0 Å². The summed E-state index contributed by atoms with van der Waals surface area (Å²) in [4.78, 5) is 0. The molecule has 2 heterocycles. The van der Waals surface area contributed by atoms with Crippen LogP contribution >= 0.6 is 12.6 Å². The van der Waals surface area contributed by atoms with Crippen LogP contribution in [0.2, 0.25) is 0 Å². The highest BCUT2D eigenvalue weighted by Crippen LogP contribution is 2.20. The van der Waals surface area contributed by atoms with Crippen molar-refractivity contribution in [1.29, 1.82) is 0 Å². The number of hydrazine groups is 1. The lowest BCUT2D eigenvalue weighted by atomic mass is 9.70. The molecule has 1 N–H and O–H groups in total. The number of rotatable bonds is 0. The molecule has 2 saturated heterocycles. The molecule has 2 nitrogen and oxygen atoms in total. The third-order valence-electron chi connectivity index (χ3n) is 2.00. The molecule has 2 rings (SSSR count). The van der Waals surface area contributed by atoms with Gasteiger partial charge >= 0.3 is 0 Å². The van der Waals surface area contributed by atoms with E-state index in [1.165, 1.54) is 19.4 Å². The van der Waals surface area contributed by atoms with Crippen molar-refractivity contribution >= 4 is 19.9 Å². The number of hydrogen-bond donors (Lipinski definition) is 2. The van der Waals surface area contributed by atoms with Crippen LogP contribution in [-0.2, 0) is 0 Å². The lowest BCUT2D eigenvalue weighted by molar-refractivity contribution is 0.250. The van der Waals surface area contributed by atoms with Gasteiger partial charge in [0.05, 0.1) is 0 Å². The van der Waals surface area contributed by atoms with Gasteiger partial charge in [0.15, 0.2) is 7.28 Å². The minimum Gasteiger partial charge on any atom is -0.251 e. The molecule has 0 aliphatic carbocycles. The molecule has 2 aliphatic rings. The Morgan fingerprint density at radius 3 is 3.33 bits per heavy atom. The van der Waals surface area contributed by atoms with Crippen LogP contribution in [0.3, 0.4) is 0 Å². The topological polar surface area (TPSA) is 15.3 Å². The Bertz CT molecular complexity index is 110. The zero-order valence-electron chi connectivity index (χ0n) is 5.25. The maximum atomic E-state index is 4.29. The van der Waals surface area contributed by atoms with Crippen molar-refractivity contribution in [2.45, 2.75) is 24.1 Å². The summed E-state index contributed by atoms with van der Waals surface area (Å²) in [6.07, 6.45) is 2.64. The van der Waals surface area contributed by atoms with E-state index in [0.29, 0.717) is 11.2 Å². The fourth-order valence-corrected chi connectivity index (χ4v) is 1.92. The first-order valence-electron chi connectivity index (χ1n) is 3.42. The Kier molecular flexibility index (Phi) is 1.47. The molecule has 0 aromatic rings. The highest BCUT2D eigenvalue weighted by atomic mass is 32.1. The van der Waals surface area contributed by atoms with Crippen LogP contribution in [0, 0.1) is 0 Å².